The first-order valence-corrected chi connectivity index (χ1v) is 12.3. The third-order valence-corrected chi connectivity index (χ3v) is 7.18. The summed E-state index contributed by atoms with van der Waals surface area (Å²) in [5.41, 5.74) is 7.60. The van der Waals surface area contributed by atoms with Gasteiger partial charge in [-0.1, -0.05) is 23.5 Å². The molecule has 0 unspecified atom stereocenters. The molecule has 0 aliphatic carbocycles. The largest absolute Gasteiger partial charge is 0.383 e. The molecule has 6 rings (SSSR count). The molecular weight excluding hydrogens is 512 g/mol. The van der Waals surface area contributed by atoms with E-state index in [2.05, 4.69) is 20.3 Å². The Balaban J connectivity index is 1.64. The lowest BCUT2D eigenvalue weighted by molar-refractivity contribution is 0.566. The molecule has 190 valence electrons. The topological polar surface area (TPSA) is 129 Å². The molecule has 3 N–H and O–H groups in total. The molecule has 5 heterocycles. The van der Waals surface area contributed by atoms with Crippen molar-refractivity contribution in [3.63, 3.8) is 0 Å². The molecular formula is C25H19F2N9OS. The van der Waals surface area contributed by atoms with Gasteiger partial charge in [0.1, 0.15) is 35.1 Å². The van der Waals surface area contributed by atoms with Crippen molar-refractivity contribution in [2.24, 2.45) is 0 Å². The van der Waals surface area contributed by atoms with Gasteiger partial charge in [-0.05, 0) is 36.8 Å². The van der Waals surface area contributed by atoms with Gasteiger partial charge in [0.25, 0.3) is 5.56 Å². The minimum absolute atomic E-state index is 0.114. The monoisotopic (exact) mass is 531 g/mol. The van der Waals surface area contributed by atoms with Gasteiger partial charge in [0, 0.05) is 19.4 Å². The maximum atomic E-state index is 14.2. The molecule has 10 nitrogen and oxygen atoms in total. The summed E-state index contributed by atoms with van der Waals surface area (Å²) in [5, 5.41) is 9.03. The molecule has 5 aromatic heterocycles. The number of pyridine rings is 1. The van der Waals surface area contributed by atoms with Crippen molar-refractivity contribution in [2.45, 2.75) is 13.0 Å². The van der Waals surface area contributed by atoms with E-state index < -0.39 is 23.2 Å². The van der Waals surface area contributed by atoms with Crippen LogP contribution < -0.4 is 16.6 Å². The molecule has 0 radical (unpaired) electrons. The lowest BCUT2D eigenvalue weighted by Crippen LogP contribution is -2.23. The first kappa shape index (κ1) is 23.6. The summed E-state index contributed by atoms with van der Waals surface area (Å²) in [6.45, 7) is 1.80. The fourth-order valence-corrected chi connectivity index (χ4v) is 5.16. The van der Waals surface area contributed by atoms with Crippen LogP contribution in [0.3, 0.4) is 0 Å². The highest BCUT2D eigenvalue weighted by Crippen LogP contribution is 2.37. The zero-order chi connectivity index (χ0) is 26.6. The standard InChI is InChI=1S/C25H19F2N9OS/c1-12(36-23-19(22(28)31-11-32-23)21(34-36)16-9-30-25(29-2)38-16)20-18(13-4-3-5-14(26)8-13)24(37)35-10-15(27)6-7-17(35)33-20/h3-12H,1-2H3,(H,29,30)(H2,28,31,32)/t12-/m1/s1. The third-order valence-electron chi connectivity index (χ3n) is 6.16. The van der Waals surface area contributed by atoms with Crippen LogP contribution in [0.4, 0.5) is 19.7 Å². The lowest BCUT2D eigenvalue weighted by Gasteiger charge is -2.18. The fraction of sp³-hybridized carbons (Fsp3) is 0.120. The SMILES string of the molecule is CNc1ncc(-c2nn([C@H](C)c3nc4ccc(F)cn4c(=O)c3-c3cccc(F)c3)c3ncnc(N)c23)s1. The molecule has 0 spiro atoms. The van der Waals surface area contributed by atoms with Gasteiger partial charge in [-0.3, -0.25) is 9.20 Å². The highest BCUT2D eigenvalue weighted by atomic mass is 32.1. The van der Waals surface area contributed by atoms with Gasteiger partial charge in [-0.25, -0.2) is 33.4 Å². The lowest BCUT2D eigenvalue weighted by atomic mass is 10.0. The Hall–Kier alpha value is -4.78. The minimum atomic E-state index is -0.668. The van der Waals surface area contributed by atoms with Crippen molar-refractivity contribution < 1.29 is 8.78 Å². The van der Waals surface area contributed by atoms with E-state index in [1.165, 1.54) is 48.0 Å². The average Bonchev–Trinajstić information content (AvgIpc) is 3.54. The van der Waals surface area contributed by atoms with Crippen LogP contribution in [-0.4, -0.2) is 41.2 Å². The van der Waals surface area contributed by atoms with Gasteiger partial charge >= 0.3 is 0 Å². The molecule has 13 heteroatoms. The second-order valence-corrected chi connectivity index (χ2v) is 9.50. The fourth-order valence-electron chi connectivity index (χ4n) is 4.40. The van der Waals surface area contributed by atoms with Crippen LogP contribution >= 0.6 is 11.3 Å². The van der Waals surface area contributed by atoms with Gasteiger partial charge in [-0.15, -0.1) is 0 Å². The van der Waals surface area contributed by atoms with Crippen molar-refractivity contribution in [2.75, 3.05) is 18.1 Å². The molecule has 0 aliphatic rings. The second-order valence-electron chi connectivity index (χ2n) is 8.47. The number of thiazole rings is 1. The number of fused-ring (bicyclic) bond motifs is 2. The molecule has 0 amide bonds. The Morgan fingerprint density at radius 1 is 1.11 bits per heavy atom. The third kappa shape index (κ3) is 3.75. The normalized spacial score (nSPS) is 12.3. The summed E-state index contributed by atoms with van der Waals surface area (Å²) in [6, 6.07) is 7.58. The van der Waals surface area contributed by atoms with Crippen LogP contribution in [0.5, 0.6) is 0 Å². The number of rotatable bonds is 5. The summed E-state index contributed by atoms with van der Waals surface area (Å²) in [5.74, 6) is -0.897. The van der Waals surface area contributed by atoms with Crippen LogP contribution in [0.15, 0.2) is 59.9 Å². The molecule has 38 heavy (non-hydrogen) atoms. The molecule has 6 aromatic rings. The Labute approximate surface area is 217 Å². The van der Waals surface area contributed by atoms with Crippen molar-refractivity contribution in [1.29, 1.82) is 0 Å². The quantitative estimate of drug-likeness (QED) is 0.340. The maximum absolute atomic E-state index is 14.2. The Morgan fingerprint density at radius 3 is 2.71 bits per heavy atom. The van der Waals surface area contributed by atoms with E-state index >= 15 is 0 Å². The first-order valence-electron chi connectivity index (χ1n) is 11.5. The van der Waals surface area contributed by atoms with E-state index in [1.54, 1.807) is 30.9 Å². The first-order chi connectivity index (χ1) is 18.4. The van der Waals surface area contributed by atoms with E-state index in [-0.39, 0.29) is 17.0 Å². The van der Waals surface area contributed by atoms with Crippen LogP contribution in [0.25, 0.3) is 38.4 Å². The number of nitrogens with one attached hydrogen (secondary N) is 1. The number of nitrogen functional groups attached to an aromatic ring is 1. The average molecular weight is 532 g/mol. The van der Waals surface area contributed by atoms with E-state index in [1.807, 2.05) is 0 Å². The van der Waals surface area contributed by atoms with Crippen LogP contribution in [0, 0.1) is 11.6 Å². The maximum Gasteiger partial charge on any atom is 0.266 e. The van der Waals surface area contributed by atoms with E-state index in [4.69, 9.17) is 15.8 Å². The number of hydrogen-bond donors (Lipinski definition) is 2. The number of nitrogens with zero attached hydrogens (tertiary/aromatic N) is 7. The van der Waals surface area contributed by atoms with E-state index in [0.29, 0.717) is 33.1 Å². The predicted molar refractivity (Wildman–Crippen MR) is 141 cm³/mol. The second kappa shape index (κ2) is 8.95. The number of halogens is 2. The van der Waals surface area contributed by atoms with Crippen molar-refractivity contribution in [3.8, 4) is 21.7 Å². The van der Waals surface area contributed by atoms with Crippen molar-refractivity contribution >= 4 is 39.0 Å². The number of nitrogens with two attached hydrogens (primary N) is 1. The summed E-state index contributed by atoms with van der Waals surface area (Å²) < 4.78 is 31.0. The number of anilines is 2. The summed E-state index contributed by atoms with van der Waals surface area (Å²) in [7, 11) is 1.77. The summed E-state index contributed by atoms with van der Waals surface area (Å²) >= 11 is 1.38. The van der Waals surface area contributed by atoms with Crippen LogP contribution in [0.1, 0.15) is 18.7 Å². The van der Waals surface area contributed by atoms with Crippen LogP contribution in [0.2, 0.25) is 0 Å². The minimum Gasteiger partial charge on any atom is -0.383 e. The Morgan fingerprint density at radius 2 is 1.95 bits per heavy atom. The number of hydrogen-bond acceptors (Lipinski definition) is 9. The smallest absolute Gasteiger partial charge is 0.266 e. The van der Waals surface area contributed by atoms with E-state index in [0.717, 1.165) is 15.5 Å². The van der Waals surface area contributed by atoms with Gasteiger partial charge < -0.3 is 11.1 Å². The zero-order valence-electron chi connectivity index (χ0n) is 20.1. The van der Waals surface area contributed by atoms with Gasteiger partial charge in [0.05, 0.1) is 27.6 Å². The summed E-state index contributed by atoms with van der Waals surface area (Å²) in [6.07, 6.45) is 4.06. The number of benzene rings is 1. The van der Waals surface area contributed by atoms with Crippen molar-refractivity contribution in [3.05, 3.63) is 82.8 Å². The Kier molecular flexibility index (Phi) is 5.56. The molecule has 1 aromatic carbocycles. The van der Waals surface area contributed by atoms with E-state index in [9.17, 15) is 13.6 Å². The summed E-state index contributed by atoms with van der Waals surface area (Å²) in [4.78, 5) is 32.0. The highest BCUT2D eigenvalue weighted by Gasteiger charge is 2.27. The molecule has 0 fully saturated rings. The van der Waals surface area contributed by atoms with Crippen molar-refractivity contribution in [1.82, 2.24) is 34.1 Å². The molecule has 0 saturated heterocycles. The van der Waals surface area contributed by atoms with Crippen LogP contribution in [-0.2, 0) is 0 Å². The molecule has 1 atom stereocenters. The Bertz CT molecular complexity index is 1910. The molecule has 0 aliphatic heterocycles. The number of aromatic nitrogens is 7. The highest BCUT2D eigenvalue weighted by molar-refractivity contribution is 7.18. The van der Waals surface area contributed by atoms with Gasteiger partial charge in [0.15, 0.2) is 10.8 Å². The van der Waals surface area contributed by atoms with Gasteiger partial charge in [0.2, 0.25) is 0 Å². The molecule has 0 bridgehead atoms. The molecule has 0 saturated carbocycles. The van der Waals surface area contributed by atoms with Gasteiger partial charge in [-0.2, -0.15) is 5.10 Å². The zero-order valence-corrected chi connectivity index (χ0v) is 20.9. The predicted octanol–water partition coefficient (Wildman–Crippen LogP) is 4.14.